The van der Waals surface area contributed by atoms with E-state index in [0.717, 1.165) is 23.0 Å². The molecule has 0 aliphatic carbocycles. The van der Waals surface area contributed by atoms with E-state index >= 15 is 0 Å². The van der Waals surface area contributed by atoms with Crippen LogP contribution in [0, 0.1) is 11.8 Å². The minimum Gasteiger partial charge on any atom is -0.481 e. The van der Waals surface area contributed by atoms with Crippen molar-refractivity contribution >= 4 is 66.0 Å². The summed E-state index contributed by atoms with van der Waals surface area (Å²) in [5.41, 5.74) is 0. The zero-order chi connectivity index (χ0) is 12.0. The molecule has 3 nitrogen and oxygen atoms in total. The van der Waals surface area contributed by atoms with Gasteiger partial charge in [0.2, 0.25) is 5.24 Å². The Morgan fingerprint density at radius 2 is 1.31 bits per heavy atom. The average molecular weight is 319 g/mol. The maximum absolute atomic E-state index is 10.4. The Morgan fingerprint density at radius 3 is 1.50 bits per heavy atom. The SMILES string of the molecule is O=C(Cl)C1CSSC1.O=C(O)C1CSSC1. The molecule has 0 bridgehead atoms. The van der Waals surface area contributed by atoms with Gasteiger partial charge < -0.3 is 5.11 Å². The quantitative estimate of drug-likeness (QED) is 0.620. The minimum absolute atomic E-state index is 0.0926. The number of rotatable bonds is 2. The van der Waals surface area contributed by atoms with Crippen LogP contribution < -0.4 is 0 Å². The maximum atomic E-state index is 10.4. The third-order valence-corrected chi connectivity index (χ3v) is 7.34. The molecule has 2 aliphatic rings. The predicted molar refractivity (Wildman–Crippen MR) is 75.3 cm³/mol. The molecule has 0 spiro atoms. The first kappa shape index (κ1) is 14.9. The van der Waals surface area contributed by atoms with E-state index in [1.54, 1.807) is 43.2 Å². The molecule has 0 saturated carbocycles. The predicted octanol–water partition coefficient (Wildman–Crippen LogP) is 2.85. The highest BCUT2D eigenvalue weighted by atomic mass is 35.5. The summed E-state index contributed by atoms with van der Waals surface area (Å²) in [4.78, 5) is 20.6. The van der Waals surface area contributed by atoms with Gasteiger partial charge in [-0.05, 0) is 11.6 Å². The summed E-state index contributed by atoms with van der Waals surface area (Å²) in [7, 11) is 6.74. The van der Waals surface area contributed by atoms with E-state index in [-0.39, 0.29) is 17.1 Å². The van der Waals surface area contributed by atoms with Crippen molar-refractivity contribution in [2.45, 2.75) is 0 Å². The first-order valence-corrected chi connectivity index (χ1v) is 9.87. The molecule has 0 aromatic carbocycles. The number of halogens is 1. The molecule has 0 amide bonds. The highest BCUT2D eigenvalue weighted by Gasteiger charge is 2.22. The fourth-order valence-corrected chi connectivity index (χ4v) is 6.75. The second kappa shape index (κ2) is 8.02. The second-order valence-electron chi connectivity index (χ2n) is 3.17. The van der Waals surface area contributed by atoms with Crippen molar-refractivity contribution in [3.63, 3.8) is 0 Å². The molecule has 0 atom stereocenters. The fraction of sp³-hybridized carbons (Fsp3) is 0.750. The van der Waals surface area contributed by atoms with Crippen LogP contribution in [0.2, 0.25) is 0 Å². The van der Waals surface area contributed by atoms with E-state index in [1.165, 1.54) is 0 Å². The summed E-state index contributed by atoms with van der Waals surface area (Å²) in [5, 5.41) is 8.21. The molecule has 92 valence electrons. The fourth-order valence-electron chi connectivity index (χ4n) is 0.891. The molecule has 0 radical (unpaired) electrons. The highest BCUT2D eigenvalue weighted by Crippen LogP contribution is 2.35. The molecular formula is C8H11ClO3S4. The van der Waals surface area contributed by atoms with E-state index in [1.807, 2.05) is 0 Å². The third-order valence-electron chi connectivity index (χ3n) is 1.91. The third kappa shape index (κ3) is 5.44. The molecule has 2 rings (SSSR count). The van der Waals surface area contributed by atoms with Gasteiger partial charge in [-0.1, -0.05) is 43.2 Å². The van der Waals surface area contributed by atoms with Crippen LogP contribution in [0.25, 0.3) is 0 Å². The number of carboxylic acid groups (broad SMARTS) is 1. The Bertz CT molecular complexity index is 226. The van der Waals surface area contributed by atoms with E-state index < -0.39 is 5.97 Å². The largest absolute Gasteiger partial charge is 0.481 e. The Labute approximate surface area is 115 Å². The van der Waals surface area contributed by atoms with Crippen LogP contribution in [0.5, 0.6) is 0 Å². The van der Waals surface area contributed by atoms with E-state index in [4.69, 9.17) is 16.7 Å². The number of hydrogen-bond acceptors (Lipinski definition) is 6. The second-order valence-corrected chi connectivity index (χ2v) is 8.65. The number of carboxylic acids is 1. The van der Waals surface area contributed by atoms with Crippen LogP contribution in [0.3, 0.4) is 0 Å². The van der Waals surface area contributed by atoms with Crippen LogP contribution in [0.4, 0.5) is 0 Å². The van der Waals surface area contributed by atoms with E-state index in [2.05, 4.69) is 0 Å². The standard InChI is InChI=1S/C4H5ClOS2.C4H6O2S2/c2*5-4(6)3-1-7-8-2-3/h3H,1-2H2;3H,1-2H2,(H,5,6). The minimum atomic E-state index is -0.650. The summed E-state index contributed by atoms with van der Waals surface area (Å²) < 4.78 is 0. The van der Waals surface area contributed by atoms with Gasteiger partial charge in [0.15, 0.2) is 0 Å². The van der Waals surface area contributed by atoms with Gasteiger partial charge in [-0.2, -0.15) is 0 Å². The molecular weight excluding hydrogens is 308 g/mol. The smallest absolute Gasteiger partial charge is 0.308 e. The molecule has 2 fully saturated rings. The maximum Gasteiger partial charge on any atom is 0.308 e. The van der Waals surface area contributed by atoms with Crippen molar-refractivity contribution in [3.8, 4) is 0 Å². The molecule has 8 heteroatoms. The molecule has 0 unspecified atom stereocenters. The topological polar surface area (TPSA) is 54.4 Å². The Hall–Kier alpha value is 0.830. The van der Waals surface area contributed by atoms with Gasteiger partial charge in [-0.25, -0.2) is 0 Å². The molecule has 2 heterocycles. The van der Waals surface area contributed by atoms with Crippen molar-refractivity contribution in [3.05, 3.63) is 0 Å². The Balaban J connectivity index is 0.000000160. The summed E-state index contributed by atoms with van der Waals surface area (Å²) in [5.74, 6) is 2.72. The van der Waals surface area contributed by atoms with Gasteiger partial charge in [-0.15, -0.1) is 0 Å². The van der Waals surface area contributed by atoms with Gasteiger partial charge in [-0.3, -0.25) is 9.59 Å². The molecule has 2 aliphatic heterocycles. The lowest BCUT2D eigenvalue weighted by molar-refractivity contribution is -0.140. The zero-order valence-electron chi connectivity index (χ0n) is 8.26. The number of aliphatic carboxylic acids is 1. The lowest BCUT2D eigenvalue weighted by atomic mass is 10.2. The normalized spacial score (nSPS) is 21.6. The van der Waals surface area contributed by atoms with Gasteiger partial charge in [0.05, 0.1) is 11.8 Å². The van der Waals surface area contributed by atoms with Gasteiger partial charge in [0, 0.05) is 23.0 Å². The summed E-state index contributed by atoms with van der Waals surface area (Å²) >= 11 is 5.22. The zero-order valence-corrected chi connectivity index (χ0v) is 12.3. The Morgan fingerprint density at radius 1 is 0.938 bits per heavy atom. The van der Waals surface area contributed by atoms with Crippen LogP contribution in [0.15, 0.2) is 0 Å². The van der Waals surface area contributed by atoms with E-state index in [0.29, 0.717) is 0 Å². The first-order valence-electron chi connectivity index (χ1n) is 4.52. The molecule has 0 aromatic rings. The lowest BCUT2D eigenvalue weighted by Crippen LogP contribution is -2.14. The summed E-state index contributed by atoms with van der Waals surface area (Å²) in [6, 6.07) is 0. The van der Waals surface area contributed by atoms with Crippen LogP contribution in [-0.2, 0) is 9.59 Å². The van der Waals surface area contributed by atoms with Gasteiger partial charge >= 0.3 is 5.97 Å². The monoisotopic (exact) mass is 318 g/mol. The van der Waals surface area contributed by atoms with Crippen molar-refractivity contribution in [1.82, 2.24) is 0 Å². The van der Waals surface area contributed by atoms with Crippen molar-refractivity contribution in [2.75, 3.05) is 23.0 Å². The Kier molecular flexibility index (Phi) is 7.47. The van der Waals surface area contributed by atoms with E-state index in [9.17, 15) is 9.59 Å². The van der Waals surface area contributed by atoms with Crippen LogP contribution in [-0.4, -0.2) is 39.3 Å². The number of carbonyl (C=O) groups excluding carboxylic acids is 1. The van der Waals surface area contributed by atoms with Gasteiger partial charge in [0.1, 0.15) is 0 Å². The average Bonchev–Trinajstić information content (AvgIpc) is 2.93. The van der Waals surface area contributed by atoms with Crippen LogP contribution in [0.1, 0.15) is 0 Å². The molecule has 1 N–H and O–H groups in total. The number of carbonyl (C=O) groups is 2. The molecule has 16 heavy (non-hydrogen) atoms. The lowest BCUT2D eigenvalue weighted by Gasteiger charge is -1.95. The first-order chi connectivity index (χ1) is 7.61. The van der Waals surface area contributed by atoms with Gasteiger partial charge in [0.25, 0.3) is 0 Å². The van der Waals surface area contributed by atoms with Crippen LogP contribution >= 0.6 is 54.8 Å². The molecule has 2 saturated heterocycles. The van der Waals surface area contributed by atoms with Crippen molar-refractivity contribution < 1.29 is 14.7 Å². The molecule has 0 aromatic heterocycles. The summed E-state index contributed by atoms with van der Waals surface area (Å²) in [6.07, 6.45) is 0. The number of hydrogen-bond donors (Lipinski definition) is 1. The summed E-state index contributed by atoms with van der Waals surface area (Å²) in [6.45, 7) is 0. The van der Waals surface area contributed by atoms with Crippen molar-refractivity contribution in [1.29, 1.82) is 0 Å². The highest BCUT2D eigenvalue weighted by molar-refractivity contribution is 8.77. The van der Waals surface area contributed by atoms with Crippen molar-refractivity contribution in [2.24, 2.45) is 11.8 Å².